The van der Waals surface area contributed by atoms with E-state index in [1.54, 1.807) is 0 Å². The minimum Gasteiger partial charge on any atom is -0.379 e. The molecule has 4 atom stereocenters. The van der Waals surface area contributed by atoms with Gasteiger partial charge in [0.2, 0.25) is 0 Å². The van der Waals surface area contributed by atoms with E-state index in [-0.39, 0.29) is 38.8 Å². The van der Waals surface area contributed by atoms with Crippen molar-refractivity contribution in [2.75, 3.05) is 200 Å². The first-order valence-electron chi connectivity index (χ1n) is 37.5. The van der Waals surface area contributed by atoms with Crippen LogP contribution < -0.4 is 0 Å². The van der Waals surface area contributed by atoms with Crippen molar-refractivity contribution in [3.8, 4) is 0 Å². The van der Waals surface area contributed by atoms with Crippen LogP contribution in [0.2, 0.25) is 0 Å². The van der Waals surface area contributed by atoms with Gasteiger partial charge in [0, 0.05) is 210 Å². The van der Waals surface area contributed by atoms with Crippen molar-refractivity contribution in [3.05, 3.63) is 0 Å². The molecule has 4 unspecified atom stereocenters. The third kappa shape index (κ3) is 35.0. The molecule has 0 spiro atoms. The molecule has 0 radical (unpaired) electrons. The van der Waals surface area contributed by atoms with Crippen LogP contribution in [0.25, 0.3) is 0 Å². The first kappa shape index (κ1) is 90.4. The maximum atomic E-state index is 5.68. The highest BCUT2D eigenvalue weighted by atomic mass is 16.5. The van der Waals surface area contributed by atoms with Gasteiger partial charge in [0.05, 0.1) is 13.2 Å². The normalized spacial score (nSPS) is 21.9. The summed E-state index contributed by atoms with van der Waals surface area (Å²) in [6.07, 6.45) is 5.59. The van der Waals surface area contributed by atoms with E-state index in [1.165, 1.54) is 117 Å². The molecule has 5 aliphatic rings. The average molecular weight is 1320 g/mol. The standard InChI is InChI=1S/2C17H35N3.C15H33N3.C15H35N3.C14H32N2O/c1-16(2,3)18(7)10-11-20-14-8-9-15(20)13-19(12-14)17(4,5)6;1-16(2,3)18(7)10-11-19-12-14-8-9-15(13-19)20(14)17(4,5)6;1-14(2,3)16(7)8-9-17-10-12-18(13-11-17)15(4,5)6;1-14(2,3)17(8)12-10-16(7)11-13-18(9)15(4,5)6;1-13(2,3)15(7)9-11-17-12-10-16(8)14(4,5)6/h2*14-15H,8-13H2,1-7H3;8-13H2,1-7H3;10-13H2,1-9H3;9-12H2,1-8H3. The van der Waals surface area contributed by atoms with Gasteiger partial charge in [-0.25, -0.2) is 0 Å². The molecule has 15 nitrogen and oxygen atoms in total. The second-order valence-corrected chi connectivity index (χ2v) is 39.5. The lowest BCUT2D eigenvalue weighted by atomic mass is 10.0. The second-order valence-electron chi connectivity index (χ2n) is 39.5. The lowest BCUT2D eigenvalue weighted by Gasteiger charge is -2.48. The van der Waals surface area contributed by atoms with Crippen molar-refractivity contribution in [2.24, 2.45) is 0 Å². The molecule has 5 heterocycles. The van der Waals surface area contributed by atoms with Gasteiger partial charge in [-0.1, -0.05) is 0 Å². The molecule has 4 bridgehead atoms. The van der Waals surface area contributed by atoms with Crippen molar-refractivity contribution in [1.82, 2.24) is 68.6 Å². The predicted octanol–water partition coefficient (Wildman–Crippen LogP) is 12.3. The van der Waals surface area contributed by atoms with E-state index in [1.807, 2.05) is 0 Å². The van der Waals surface area contributed by atoms with E-state index in [4.69, 9.17) is 4.74 Å². The summed E-state index contributed by atoms with van der Waals surface area (Å²) < 4.78 is 5.68. The summed E-state index contributed by atoms with van der Waals surface area (Å²) in [5.41, 5.74) is 2.83. The van der Waals surface area contributed by atoms with E-state index < -0.39 is 0 Å². The number of rotatable bonds is 21. The molecule has 0 amide bonds. The highest BCUT2D eigenvalue weighted by molar-refractivity contribution is 5.02. The third-order valence-electron chi connectivity index (χ3n) is 22.2. The van der Waals surface area contributed by atoms with Gasteiger partial charge in [0.1, 0.15) is 0 Å². The lowest BCUT2D eigenvalue weighted by Crippen LogP contribution is -2.60. The van der Waals surface area contributed by atoms with Crippen LogP contribution in [0, 0.1) is 0 Å². The van der Waals surface area contributed by atoms with Crippen LogP contribution >= 0.6 is 0 Å². The summed E-state index contributed by atoms with van der Waals surface area (Å²) in [6.45, 7) is 93.9. The first-order valence-corrected chi connectivity index (χ1v) is 37.5. The quantitative estimate of drug-likeness (QED) is 0.102. The zero-order chi connectivity index (χ0) is 72.5. The number of piperazine rings is 3. The molecular formula is C78H170N14O. The van der Waals surface area contributed by atoms with Gasteiger partial charge in [-0.3, -0.25) is 39.2 Å². The Morgan fingerprint density at radius 2 is 0.559 bits per heavy atom. The SMILES string of the molecule is CN(CCN(C)C(C)(C)C)CCN(C)C(C)(C)C.CN(CCN1C2CCC1CN(C(C)(C)C)C2)C(C)(C)C.CN(CCN1CC2CCC(C1)N2C(C)(C)C)C(C)(C)C.CN(CCN1CCN(C(C)(C)C)CC1)C(C)(C)C.CN(CCOCCN(C)C(C)(C)C)C(C)(C)C. The molecule has 5 fully saturated rings. The fourth-order valence-electron chi connectivity index (χ4n) is 12.3. The summed E-state index contributed by atoms with van der Waals surface area (Å²) in [4.78, 5) is 35.5. The number of fused-ring (bicyclic) bond motifs is 4. The molecule has 5 aliphatic heterocycles. The smallest absolute Gasteiger partial charge is 0.0594 e. The predicted molar refractivity (Wildman–Crippen MR) is 412 cm³/mol. The maximum Gasteiger partial charge on any atom is 0.0594 e. The Bertz CT molecular complexity index is 1900. The molecule has 93 heavy (non-hydrogen) atoms. The molecule has 0 aromatic carbocycles. The first-order chi connectivity index (χ1) is 41.8. The number of likely N-dealkylation sites (tertiary alicyclic amines) is 2. The number of nitrogens with zero attached hydrogens (tertiary/aromatic N) is 14. The van der Waals surface area contributed by atoms with Gasteiger partial charge in [-0.2, -0.15) is 0 Å². The highest BCUT2D eigenvalue weighted by Crippen LogP contribution is 2.36. The minimum atomic E-state index is 0.228. The van der Waals surface area contributed by atoms with Crippen molar-refractivity contribution in [1.29, 1.82) is 0 Å². The van der Waals surface area contributed by atoms with Crippen molar-refractivity contribution in [3.63, 3.8) is 0 Å². The Balaban J connectivity index is 0.000000582. The molecular weight excluding hydrogens is 1150 g/mol. The second kappa shape index (κ2) is 37.9. The number of hydrogen-bond acceptors (Lipinski definition) is 15. The summed E-state index contributed by atoms with van der Waals surface area (Å²) >= 11 is 0. The fraction of sp³-hybridized carbons (Fsp3) is 1.00. The molecule has 0 aromatic heterocycles. The number of hydrogen-bond donors (Lipinski definition) is 0. The minimum absolute atomic E-state index is 0.228. The van der Waals surface area contributed by atoms with Gasteiger partial charge in [0.25, 0.3) is 0 Å². The third-order valence-corrected chi connectivity index (χ3v) is 22.2. The Morgan fingerprint density at radius 1 is 0.280 bits per heavy atom. The van der Waals surface area contributed by atoms with E-state index in [2.05, 4.69) is 333 Å². The molecule has 5 rings (SSSR count). The maximum absolute atomic E-state index is 5.68. The lowest BCUT2D eigenvalue weighted by molar-refractivity contribution is -0.00202. The zero-order valence-electron chi connectivity index (χ0n) is 70.4. The van der Waals surface area contributed by atoms with Crippen molar-refractivity contribution in [2.45, 2.75) is 313 Å². The summed E-state index contributed by atoms with van der Waals surface area (Å²) in [6, 6.07) is 3.16. The van der Waals surface area contributed by atoms with Gasteiger partial charge >= 0.3 is 0 Å². The van der Waals surface area contributed by atoms with Crippen LogP contribution in [0.3, 0.4) is 0 Å². The monoisotopic (exact) mass is 1320 g/mol. The molecule has 0 saturated carbocycles. The van der Waals surface area contributed by atoms with Crippen LogP contribution in [0.15, 0.2) is 0 Å². The molecule has 0 aromatic rings. The Kier molecular flexibility index (Phi) is 36.8. The molecule has 0 aliphatic carbocycles. The van der Waals surface area contributed by atoms with Crippen LogP contribution in [0.5, 0.6) is 0 Å². The van der Waals surface area contributed by atoms with E-state index in [0.717, 1.165) is 76.6 Å². The van der Waals surface area contributed by atoms with Crippen LogP contribution in [0.1, 0.15) is 233 Å². The van der Waals surface area contributed by atoms with Gasteiger partial charge in [-0.05, 0) is 290 Å². The van der Waals surface area contributed by atoms with Crippen molar-refractivity contribution >= 4 is 0 Å². The van der Waals surface area contributed by atoms with Crippen molar-refractivity contribution < 1.29 is 4.74 Å². The summed E-state index contributed by atoms with van der Waals surface area (Å²) in [7, 11) is 17.6. The molecule has 0 N–H and O–H groups in total. The highest BCUT2D eigenvalue weighted by Gasteiger charge is 2.45. The number of ether oxygens (including phenoxy) is 1. The summed E-state index contributed by atoms with van der Waals surface area (Å²) in [5.74, 6) is 0. The molecule has 5 saturated heterocycles. The van der Waals surface area contributed by atoms with E-state index in [0.29, 0.717) is 16.6 Å². The Morgan fingerprint density at radius 3 is 0.860 bits per heavy atom. The van der Waals surface area contributed by atoms with E-state index >= 15 is 0 Å². The van der Waals surface area contributed by atoms with Gasteiger partial charge in [0.15, 0.2) is 0 Å². The Labute approximate surface area is 584 Å². The van der Waals surface area contributed by atoms with Gasteiger partial charge in [-0.15, -0.1) is 0 Å². The van der Waals surface area contributed by atoms with Crippen LogP contribution in [-0.2, 0) is 4.74 Å². The van der Waals surface area contributed by atoms with E-state index in [9.17, 15) is 0 Å². The average Bonchev–Trinajstić information content (AvgIpc) is 1.67. The number of likely N-dealkylation sites (N-methyl/N-ethyl adjacent to an activating group) is 8. The topological polar surface area (TPSA) is 54.6 Å². The molecule has 15 heteroatoms. The van der Waals surface area contributed by atoms with Crippen LogP contribution in [0.4, 0.5) is 0 Å². The fourth-order valence-corrected chi connectivity index (χ4v) is 12.3. The largest absolute Gasteiger partial charge is 0.379 e. The summed E-state index contributed by atoms with van der Waals surface area (Å²) in [5, 5.41) is 0. The molecule has 558 valence electrons. The van der Waals surface area contributed by atoms with Crippen LogP contribution in [-0.4, -0.2) is 349 Å². The van der Waals surface area contributed by atoms with Gasteiger partial charge < -0.3 is 34.1 Å². The Hall–Kier alpha value is -0.600. The zero-order valence-corrected chi connectivity index (χ0v) is 70.4.